The summed E-state index contributed by atoms with van der Waals surface area (Å²) in [6.07, 6.45) is 76.1. The molecule has 4 N–H and O–H groups in total. The molecule has 5 atom stereocenters. The fourth-order valence-corrected chi connectivity index (χ4v) is 11.3. The van der Waals surface area contributed by atoms with Gasteiger partial charge in [0.1, 0.15) is 25.4 Å². The summed E-state index contributed by atoms with van der Waals surface area (Å²) in [5, 5.41) is 20.6. The highest BCUT2D eigenvalue weighted by atomic mass is 31.2. The van der Waals surface area contributed by atoms with E-state index in [2.05, 4.69) is 118 Å². The predicted molar refractivity (Wildman–Crippen MR) is 381 cm³/mol. The SMILES string of the molecule is CC/C=C\C/C=C\C/C=C\C/C=C\C/C=C\CCCCCCCCCCCCCCCC(=O)OCC(O)COP(=O)(O)OCC(O)COP(=O)(O)OCC(COC(=O)CCCCCCC/C=C\C/C=C\CCCCC)OC(=O)CCCCCCC/C=C\CCCCCC. The molecule has 0 heterocycles. The van der Waals surface area contributed by atoms with Gasteiger partial charge in [0, 0.05) is 19.3 Å². The predicted octanol–water partition coefficient (Wildman–Crippen LogP) is 20.6. The van der Waals surface area contributed by atoms with Gasteiger partial charge < -0.3 is 34.2 Å². The molecule has 0 radical (unpaired) electrons. The second-order valence-corrected chi connectivity index (χ2v) is 27.3. The first kappa shape index (κ1) is 89.5. The number of rotatable bonds is 69. The number of allylic oxidation sites excluding steroid dienone is 16. The van der Waals surface area contributed by atoms with Crippen LogP contribution in [0.25, 0.3) is 0 Å². The minimum absolute atomic E-state index is 0.0924. The van der Waals surface area contributed by atoms with Gasteiger partial charge >= 0.3 is 33.6 Å². The van der Waals surface area contributed by atoms with Crippen molar-refractivity contribution in [2.24, 2.45) is 0 Å². The second-order valence-electron chi connectivity index (χ2n) is 24.4. The van der Waals surface area contributed by atoms with Gasteiger partial charge in [-0.2, -0.15) is 0 Å². The lowest BCUT2D eigenvalue weighted by Gasteiger charge is -2.21. The van der Waals surface area contributed by atoms with Crippen LogP contribution in [0.3, 0.4) is 0 Å². The maximum absolute atomic E-state index is 12.9. The van der Waals surface area contributed by atoms with Crippen molar-refractivity contribution < 1.29 is 75.8 Å². The van der Waals surface area contributed by atoms with E-state index < -0.39 is 91.5 Å². The molecular weight excluding hydrogens is 1220 g/mol. The Hall–Kier alpha value is -3.53. The lowest BCUT2D eigenvalue weighted by molar-refractivity contribution is -0.161. The highest BCUT2D eigenvalue weighted by molar-refractivity contribution is 7.47. The van der Waals surface area contributed by atoms with Crippen molar-refractivity contribution in [1.29, 1.82) is 0 Å². The van der Waals surface area contributed by atoms with Crippen LogP contribution in [0.2, 0.25) is 0 Å². The molecule has 0 saturated carbocycles. The molecule has 0 bridgehead atoms. The number of esters is 3. The fourth-order valence-electron chi connectivity index (χ4n) is 9.68. The van der Waals surface area contributed by atoms with Crippen LogP contribution in [0.4, 0.5) is 0 Å². The standard InChI is InChI=1S/C75H132O16P2/c1-4-7-10-13-16-19-22-25-27-28-29-30-31-32-33-34-35-36-37-38-39-40-42-45-46-49-52-55-58-61-73(78)85-64-70(76)65-87-92(81,82)88-66-71(77)67-89-93(83,84)90-69-72(91-75(80)63-60-57-54-51-48-43-24-21-18-15-12-9-6-3)68-86-74(79)62-59-56-53-50-47-44-41-26-23-20-17-14-11-8-5-2/h7,10,16-17,19-21,24-27,29-30,32-33,41,70-72,76-77H,4-6,8-9,11-15,18,22-23,28,31,34-40,42-69H2,1-3H3,(H,81,82)(H,83,84)/b10-7-,19-16-,20-17-,24-21-,27-25-,30-29-,33-32-,41-26-. The number of carbonyl (C=O) groups is 3. The number of hydrogen-bond donors (Lipinski definition) is 4. The molecule has 0 rings (SSSR count). The summed E-state index contributed by atoms with van der Waals surface area (Å²) in [4.78, 5) is 58.4. The molecule has 16 nitrogen and oxygen atoms in total. The van der Waals surface area contributed by atoms with Crippen LogP contribution in [0.1, 0.15) is 303 Å². The minimum Gasteiger partial charge on any atom is -0.463 e. The summed E-state index contributed by atoms with van der Waals surface area (Å²) >= 11 is 0. The Morgan fingerprint density at radius 1 is 0.312 bits per heavy atom. The lowest BCUT2D eigenvalue weighted by Crippen LogP contribution is -2.30. The first-order valence-electron chi connectivity index (χ1n) is 36.5. The van der Waals surface area contributed by atoms with Gasteiger partial charge in [-0.05, 0) is 122 Å². The summed E-state index contributed by atoms with van der Waals surface area (Å²) in [6, 6.07) is 0. The third-order valence-corrected chi connectivity index (χ3v) is 17.2. The molecule has 0 aromatic rings. The van der Waals surface area contributed by atoms with Crippen LogP contribution in [0, 0.1) is 0 Å². The largest absolute Gasteiger partial charge is 0.472 e. The molecular formula is C75H132O16P2. The third-order valence-electron chi connectivity index (χ3n) is 15.3. The Morgan fingerprint density at radius 2 is 0.570 bits per heavy atom. The van der Waals surface area contributed by atoms with Crippen molar-refractivity contribution in [1.82, 2.24) is 0 Å². The quantitative estimate of drug-likeness (QED) is 0.0146. The topological polar surface area (TPSA) is 231 Å². The summed E-state index contributed by atoms with van der Waals surface area (Å²) < 4.78 is 60.9. The zero-order valence-electron chi connectivity index (χ0n) is 58.4. The molecule has 0 spiro atoms. The highest BCUT2D eigenvalue weighted by Crippen LogP contribution is 2.45. The maximum atomic E-state index is 12.9. The number of phosphoric ester groups is 2. The van der Waals surface area contributed by atoms with Gasteiger partial charge in [-0.3, -0.25) is 32.5 Å². The summed E-state index contributed by atoms with van der Waals surface area (Å²) in [5.41, 5.74) is 0. The Morgan fingerprint density at radius 3 is 0.935 bits per heavy atom. The van der Waals surface area contributed by atoms with Crippen LogP contribution in [-0.4, -0.2) is 95.9 Å². The molecule has 0 aliphatic heterocycles. The number of hydrogen-bond acceptors (Lipinski definition) is 14. The summed E-state index contributed by atoms with van der Waals surface area (Å²) in [5.74, 6) is -1.60. The van der Waals surface area contributed by atoms with Gasteiger partial charge in [0.25, 0.3) is 0 Å². The van der Waals surface area contributed by atoms with E-state index in [1.54, 1.807) is 0 Å². The van der Waals surface area contributed by atoms with Gasteiger partial charge in [-0.25, -0.2) is 9.13 Å². The van der Waals surface area contributed by atoms with Crippen LogP contribution in [0.5, 0.6) is 0 Å². The van der Waals surface area contributed by atoms with E-state index in [0.717, 1.165) is 141 Å². The Labute approximate surface area is 565 Å². The molecule has 0 amide bonds. The molecule has 0 aliphatic carbocycles. The van der Waals surface area contributed by atoms with Crippen molar-refractivity contribution in [2.75, 3.05) is 39.6 Å². The van der Waals surface area contributed by atoms with E-state index in [-0.39, 0.29) is 19.3 Å². The maximum Gasteiger partial charge on any atom is 0.472 e. The van der Waals surface area contributed by atoms with E-state index in [1.807, 2.05) is 0 Å². The molecule has 0 aromatic carbocycles. The third kappa shape index (κ3) is 69.6. The van der Waals surface area contributed by atoms with E-state index >= 15 is 0 Å². The number of aliphatic hydroxyl groups excluding tert-OH is 2. The van der Waals surface area contributed by atoms with Crippen molar-refractivity contribution in [3.05, 3.63) is 97.2 Å². The van der Waals surface area contributed by atoms with E-state index in [9.17, 15) is 43.5 Å². The molecule has 0 aromatic heterocycles. The van der Waals surface area contributed by atoms with Crippen LogP contribution < -0.4 is 0 Å². The molecule has 18 heteroatoms. The Balaban J connectivity index is 4.45. The van der Waals surface area contributed by atoms with Crippen LogP contribution in [0.15, 0.2) is 97.2 Å². The van der Waals surface area contributed by atoms with Gasteiger partial charge in [-0.15, -0.1) is 0 Å². The molecule has 538 valence electrons. The first-order valence-corrected chi connectivity index (χ1v) is 39.5. The zero-order valence-corrected chi connectivity index (χ0v) is 60.2. The average Bonchev–Trinajstić information content (AvgIpc) is 2.91. The van der Waals surface area contributed by atoms with Crippen molar-refractivity contribution in [2.45, 2.75) is 322 Å². The molecule has 0 saturated heterocycles. The minimum atomic E-state index is -4.93. The highest BCUT2D eigenvalue weighted by Gasteiger charge is 2.29. The molecule has 93 heavy (non-hydrogen) atoms. The lowest BCUT2D eigenvalue weighted by atomic mass is 10.0. The number of phosphoric acid groups is 2. The Bertz CT molecular complexity index is 2080. The summed E-state index contributed by atoms with van der Waals surface area (Å²) in [6.45, 7) is 2.50. The van der Waals surface area contributed by atoms with Crippen molar-refractivity contribution in [3.8, 4) is 0 Å². The first-order chi connectivity index (χ1) is 45.2. The van der Waals surface area contributed by atoms with Crippen LogP contribution in [-0.2, 0) is 55.8 Å². The number of unbranched alkanes of at least 4 members (excludes halogenated alkanes) is 30. The molecule has 5 unspecified atom stereocenters. The average molecular weight is 1350 g/mol. The van der Waals surface area contributed by atoms with Gasteiger partial charge in [0.15, 0.2) is 6.10 Å². The van der Waals surface area contributed by atoms with E-state index in [0.29, 0.717) is 19.3 Å². The number of aliphatic hydroxyl groups is 2. The smallest absolute Gasteiger partial charge is 0.463 e. The summed E-state index contributed by atoms with van der Waals surface area (Å²) in [7, 11) is -9.78. The Kier molecular flexibility index (Phi) is 65.8. The molecule has 0 fully saturated rings. The van der Waals surface area contributed by atoms with Crippen molar-refractivity contribution in [3.63, 3.8) is 0 Å². The second kappa shape index (κ2) is 68.4. The fraction of sp³-hybridized carbons (Fsp3) is 0.747. The van der Waals surface area contributed by atoms with Gasteiger partial charge in [0.2, 0.25) is 0 Å². The van der Waals surface area contributed by atoms with E-state index in [1.165, 1.54) is 103 Å². The van der Waals surface area contributed by atoms with Gasteiger partial charge in [0.05, 0.1) is 26.4 Å². The zero-order chi connectivity index (χ0) is 68.1. The monoisotopic (exact) mass is 1350 g/mol. The number of ether oxygens (including phenoxy) is 3. The normalized spacial score (nSPS) is 14.7. The van der Waals surface area contributed by atoms with Crippen LogP contribution >= 0.6 is 15.6 Å². The van der Waals surface area contributed by atoms with Crippen molar-refractivity contribution >= 4 is 33.6 Å². The molecule has 0 aliphatic rings. The van der Waals surface area contributed by atoms with E-state index in [4.69, 9.17) is 32.3 Å². The number of carbonyl (C=O) groups excluding carboxylic acids is 3. The van der Waals surface area contributed by atoms with Gasteiger partial charge in [-0.1, -0.05) is 259 Å².